The third-order valence-electron chi connectivity index (χ3n) is 2.02. The second kappa shape index (κ2) is 6.38. The van der Waals surface area contributed by atoms with E-state index in [4.69, 9.17) is 11.6 Å². The smallest absolute Gasteiger partial charge is 0.0544 e. The van der Waals surface area contributed by atoms with Crippen LogP contribution in [0.25, 0.3) is 0 Å². The predicted octanol–water partition coefficient (Wildman–Crippen LogP) is 2.90. The molecule has 0 N–H and O–H groups in total. The molecule has 0 radical (unpaired) electrons. The van der Waals surface area contributed by atoms with Crippen molar-refractivity contribution in [3.8, 4) is 0 Å². The molecule has 0 saturated carbocycles. The molecule has 78 valence electrons. The van der Waals surface area contributed by atoms with E-state index in [-0.39, 0.29) is 0 Å². The first-order valence-electron chi connectivity index (χ1n) is 4.65. The van der Waals surface area contributed by atoms with Gasteiger partial charge in [0, 0.05) is 29.6 Å². The Morgan fingerprint density at radius 1 is 1.50 bits per heavy atom. The minimum Gasteiger partial charge on any atom is -0.297 e. The molecule has 1 heterocycles. The summed E-state index contributed by atoms with van der Waals surface area (Å²) in [5.41, 5.74) is 1.08. The quantitative estimate of drug-likeness (QED) is 0.769. The van der Waals surface area contributed by atoms with E-state index >= 15 is 0 Å². The molecule has 0 amide bonds. The van der Waals surface area contributed by atoms with Crippen molar-refractivity contribution >= 4 is 27.5 Å². The summed E-state index contributed by atoms with van der Waals surface area (Å²) in [6.07, 6.45) is 1.82. The van der Waals surface area contributed by atoms with Crippen molar-refractivity contribution in [2.24, 2.45) is 0 Å². The van der Waals surface area contributed by atoms with Gasteiger partial charge in [-0.3, -0.25) is 9.88 Å². The minimum absolute atomic E-state index is 0.671. The zero-order valence-electron chi connectivity index (χ0n) is 8.21. The maximum atomic E-state index is 5.70. The Hall–Kier alpha value is -0.120. The van der Waals surface area contributed by atoms with Crippen LogP contribution in [0.15, 0.2) is 22.8 Å². The normalized spacial score (nSPS) is 10.9. The highest BCUT2D eigenvalue weighted by atomic mass is 79.9. The molecule has 0 fully saturated rings. The Bertz CT molecular complexity index is 263. The van der Waals surface area contributed by atoms with Gasteiger partial charge in [-0.15, -0.1) is 11.6 Å². The highest BCUT2D eigenvalue weighted by Gasteiger charge is 2.03. The van der Waals surface area contributed by atoms with Gasteiger partial charge in [0.05, 0.1) is 5.69 Å². The van der Waals surface area contributed by atoms with Crippen molar-refractivity contribution in [3.05, 3.63) is 28.5 Å². The fraction of sp³-hybridized carbons (Fsp3) is 0.500. The van der Waals surface area contributed by atoms with Gasteiger partial charge in [0.25, 0.3) is 0 Å². The molecule has 0 aliphatic heterocycles. The summed E-state index contributed by atoms with van der Waals surface area (Å²) in [6.45, 7) is 4.92. The lowest BCUT2D eigenvalue weighted by Crippen LogP contribution is -2.25. The third-order valence-corrected chi connectivity index (χ3v) is 2.66. The lowest BCUT2D eigenvalue weighted by molar-refractivity contribution is 0.294. The van der Waals surface area contributed by atoms with E-state index in [9.17, 15) is 0 Å². The molecule has 2 nitrogen and oxygen atoms in total. The molecule has 0 saturated heterocycles. The number of alkyl halides is 1. The van der Waals surface area contributed by atoms with Crippen LogP contribution in [0.4, 0.5) is 0 Å². The van der Waals surface area contributed by atoms with Crippen molar-refractivity contribution in [1.29, 1.82) is 0 Å². The molecule has 0 aromatic carbocycles. The molecule has 0 aliphatic carbocycles. The van der Waals surface area contributed by atoms with E-state index < -0.39 is 0 Å². The topological polar surface area (TPSA) is 16.1 Å². The van der Waals surface area contributed by atoms with Crippen LogP contribution in [0.2, 0.25) is 0 Å². The largest absolute Gasteiger partial charge is 0.297 e. The van der Waals surface area contributed by atoms with E-state index in [0.717, 1.165) is 29.8 Å². The number of aromatic nitrogens is 1. The van der Waals surface area contributed by atoms with Crippen LogP contribution in [0.1, 0.15) is 12.6 Å². The molecule has 1 aromatic rings. The van der Waals surface area contributed by atoms with Crippen LogP contribution in [-0.4, -0.2) is 28.9 Å². The van der Waals surface area contributed by atoms with Gasteiger partial charge in [-0.25, -0.2) is 0 Å². The van der Waals surface area contributed by atoms with Gasteiger partial charge in [0.2, 0.25) is 0 Å². The maximum absolute atomic E-state index is 5.70. The summed E-state index contributed by atoms with van der Waals surface area (Å²) in [4.78, 5) is 6.58. The molecule has 4 heteroatoms. The zero-order valence-corrected chi connectivity index (χ0v) is 10.6. The van der Waals surface area contributed by atoms with Gasteiger partial charge in [-0.2, -0.15) is 0 Å². The van der Waals surface area contributed by atoms with E-state index in [2.05, 4.69) is 32.7 Å². The van der Waals surface area contributed by atoms with E-state index in [1.807, 2.05) is 18.3 Å². The monoisotopic (exact) mass is 276 g/mol. The number of hydrogen-bond acceptors (Lipinski definition) is 2. The van der Waals surface area contributed by atoms with Gasteiger partial charge in [-0.1, -0.05) is 6.92 Å². The maximum Gasteiger partial charge on any atom is 0.0544 e. The Kier molecular flexibility index (Phi) is 5.45. The fourth-order valence-corrected chi connectivity index (χ4v) is 1.67. The highest BCUT2D eigenvalue weighted by Crippen LogP contribution is 2.09. The van der Waals surface area contributed by atoms with Crippen molar-refractivity contribution in [2.75, 3.05) is 19.0 Å². The minimum atomic E-state index is 0.671. The molecule has 0 aliphatic rings. The van der Waals surface area contributed by atoms with Crippen molar-refractivity contribution in [1.82, 2.24) is 9.88 Å². The molecule has 0 spiro atoms. The van der Waals surface area contributed by atoms with Crippen LogP contribution < -0.4 is 0 Å². The zero-order chi connectivity index (χ0) is 10.4. The van der Waals surface area contributed by atoms with Crippen LogP contribution >= 0.6 is 27.5 Å². The summed E-state index contributed by atoms with van der Waals surface area (Å²) in [6, 6.07) is 4.04. The third kappa shape index (κ3) is 3.95. The average Bonchev–Trinajstić information content (AvgIpc) is 2.20. The average molecular weight is 278 g/mol. The number of pyridine rings is 1. The molecular formula is C10H14BrClN2. The lowest BCUT2D eigenvalue weighted by atomic mass is 10.3. The number of rotatable bonds is 5. The molecular weight excluding hydrogens is 263 g/mol. The summed E-state index contributed by atoms with van der Waals surface area (Å²) in [5.74, 6) is 0.671. The van der Waals surface area contributed by atoms with Crippen LogP contribution in [0, 0.1) is 0 Å². The van der Waals surface area contributed by atoms with Gasteiger partial charge < -0.3 is 0 Å². The van der Waals surface area contributed by atoms with Crippen LogP contribution in [-0.2, 0) is 6.54 Å². The Labute approximate surface area is 98.4 Å². The van der Waals surface area contributed by atoms with Crippen LogP contribution in [0.5, 0.6) is 0 Å². The van der Waals surface area contributed by atoms with Gasteiger partial charge in [-0.05, 0) is 34.6 Å². The van der Waals surface area contributed by atoms with Gasteiger partial charge in [0.1, 0.15) is 0 Å². The van der Waals surface area contributed by atoms with Crippen LogP contribution in [0.3, 0.4) is 0 Å². The number of hydrogen-bond donors (Lipinski definition) is 0. The van der Waals surface area contributed by atoms with E-state index in [1.165, 1.54) is 0 Å². The molecule has 1 aromatic heterocycles. The number of halogens is 2. The van der Waals surface area contributed by atoms with Gasteiger partial charge >= 0.3 is 0 Å². The number of nitrogens with zero attached hydrogens (tertiary/aromatic N) is 2. The summed E-state index contributed by atoms with van der Waals surface area (Å²) in [5, 5.41) is 0. The molecule has 14 heavy (non-hydrogen) atoms. The van der Waals surface area contributed by atoms with Gasteiger partial charge in [0.15, 0.2) is 0 Å². The predicted molar refractivity (Wildman–Crippen MR) is 63.6 cm³/mol. The summed E-state index contributed by atoms with van der Waals surface area (Å²) >= 11 is 9.06. The Balaban J connectivity index is 2.53. The second-order valence-electron chi connectivity index (χ2n) is 3.03. The molecule has 0 atom stereocenters. The van der Waals surface area contributed by atoms with E-state index in [0.29, 0.717) is 5.88 Å². The second-order valence-corrected chi connectivity index (χ2v) is 4.32. The fourth-order valence-electron chi connectivity index (χ4n) is 1.20. The van der Waals surface area contributed by atoms with Crippen molar-refractivity contribution < 1.29 is 0 Å². The lowest BCUT2D eigenvalue weighted by Gasteiger charge is -2.18. The van der Waals surface area contributed by atoms with Crippen molar-refractivity contribution in [2.45, 2.75) is 13.5 Å². The first kappa shape index (κ1) is 12.0. The molecule has 0 unspecified atom stereocenters. The van der Waals surface area contributed by atoms with E-state index in [1.54, 1.807) is 0 Å². The summed E-state index contributed by atoms with van der Waals surface area (Å²) in [7, 11) is 0. The Morgan fingerprint density at radius 3 is 2.79 bits per heavy atom. The first-order valence-corrected chi connectivity index (χ1v) is 5.97. The standard InChI is InChI=1S/C10H14BrClN2/c1-2-14(6-5-12)8-10-4-3-9(11)7-13-10/h3-4,7H,2,5-6,8H2,1H3. The molecule has 0 bridgehead atoms. The SMILES string of the molecule is CCN(CCCl)Cc1ccc(Br)cn1. The molecule has 1 rings (SSSR count). The summed E-state index contributed by atoms with van der Waals surface area (Å²) < 4.78 is 1.02. The van der Waals surface area contributed by atoms with Crippen molar-refractivity contribution in [3.63, 3.8) is 0 Å². The highest BCUT2D eigenvalue weighted by molar-refractivity contribution is 9.10. The first-order chi connectivity index (χ1) is 6.76. The Morgan fingerprint density at radius 2 is 2.29 bits per heavy atom.